The zero-order valence-electron chi connectivity index (χ0n) is 11.8. The normalized spacial score (nSPS) is 15.5. The number of amides is 2. The molecule has 1 unspecified atom stereocenters. The van der Waals surface area contributed by atoms with Gasteiger partial charge in [0.2, 0.25) is 0 Å². The van der Waals surface area contributed by atoms with E-state index in [0.29, 0.717) is 5.92 Å². The van der Waals surface area contributed by atoms with Crippen molar-refractivity contribution in [1.29, 1.82) is 0 Å². The summed E-state index contributed by atoms with van der Waals surface area (Å²) >= 11 is 0. The van der Waals surface area contributed by atoms with Gasteiger partial charge in [-0.25, -0.2) is 4.79 Å². The van der Waals surface area contributed by atoms with Gasteiger partial charge in [0.05, 0.1) is 6.42 Å². The Morgan fingerprint density at radius 3 is 2.55 bits per heavy atom. The van der Waals surface area contributed by atoms with Crippen molar-refractivity contribution in [3.63, 3.8) is 0 Å². The van der Waals surface area contributed by atoms with E-state index in [2.05, 4.69) is 10.6 Å². The summed E-state index contributed by atoms with van der Waals surface area (Å²) < 4.78 is 0. The van der Waals surface area contributed by atoms with Crippen LogP contribution in [0.2, 0.25) is 0 Å². The number of rotatable bonds is 5. The highest BCUT2D eigenvalue weighted by atomic mass is 16.4. The van der Waals surface area contributed by atoms with Gasteiger partial charge in [-0.2, -0.15) is 0 Å². The lowest BCUT2D eigenvalue weighted by atomic mass is 10.1. The number of carboxylic acid groups (broad SMARTS) is 1. The molecule has 1 aliphatic carbocycles. The minimum Gasteiger partial charge on any atom is -0.481 e. The average molecular weight is 276 g/mol. The molecule has 1 aliphatic rings. The largest absolute Gasteiger partial charge is 0.481 e. The van der Waals surface area contributed by atoms with Crippen molar-refractivity contribution >= 4 is 17.7 Å². The third-order valence-corrected chi connectivity index (χ3v) is 3.67. The highest BCUT2D eigenvalue weighted by molar-refractivity contribution is 5.90. The van der Waals surface area contributed by atoms with Gasteiger partial charge in [0.1, 0.15) is 0 Å². The molecule has 3 N–H and O–H groups in total. The Morgan fingerprint density at radius 1 is 1.30 bits per heavy atom. The van der Waals surface area contributed by atoms with Crippen molar-refractivity contribution in [2.24, 2.45) is 5.92 Å². The first-order valence-corrected chi connectivity index (χ1v) is 6.82. The van der Waals surface area contributed by atoms with Crippen molar-refractivity contribution in [2.45, 2.75) is 39.2 Å². The summed E-state index contributed by atoms with van der Waals surface area (Å²) in [7, 11) is 0. The number of urea groups is 1. The molecule has 5 heteroatoms. The van der Waals surface area contributed by atoms with E-state index >= 15 is 0 Å². The molecule has 108 valence electrons. The molecule has 0 radical (unpaired) electrons. The molecule has 0 spiro atoms. The fourth-order valence-corrected chi connectivity index (χ4v) is 2.18. The van der Waals surface area contributed by atoms with Gasteiger partial charge < -0.3 is 15.7 Å². The van der Waals surface area contributed by atoms with Crippen molar-refractivity contribution in [1.82, 2.24) is 5.32 Å². The number of aryl methyl sites for hydroxylation is 2. The molecule has 2 amide bonds. The Balaban J connectivity index is 1.93. The molecule has 1 aromatic carbocycles. The van der Waals surface area contributed by atoms with Gasteiger partial charge >= 0.3 is 12.0 Å². The summed E-state index contributed by atoms with van der Waals surface area (Å²) in [6, 6.07) is 5.06. The van der Waals surface area contributed by atoms with Gasteiger partial charge in [0.15, 0.2) is 0 Å². The number of anilines is 1. The maximum Gasteiger partial charge on any atom is 0.319 e. The van der Waals surface area contributed by atoms with E-state index < -0.39 is 5.97 Å². The number of carbonyl (C=O) groups excluding carboxylic acids is 1. The lowest BCUT2D eigenvalue weighted by Gasteiger charge is -2.17. The minimum absolute atomic E-state index is 0.0228. The molecule has 0 aliphatic heterocycles. The van der Waals surface area contributed by atoms with Crippen molar-refractivity contribution in [2.75, 3.05) is 5.32 Å². The van der Waals surface area contributed by atoms with E-state index in [4.69, 9.17) is 5.11 Å². The quantitative estimate of drug-likeness (QED) is 0.773. The first kappa shape index (κ1) is 14.4. The second-order valence-electron chi connectivity index (χ2n) is 5.44. The molecule has 1 fully saturated rings. The molecule has 0 bridgehead atoms. The second-order valence-corrected chi connectivity index (χ2v) is 5.44. The zero-order chi connectivity index (χ0) is 14.7. The summed E-state index contributed by atoms with van der Waals surface area (Å²) in [6.45, 7) is 3.99. The highest BCUT2D eigenvalue weighted by Crippen LogP contribution is 2.34. The number of hydrogen-bond donors (Lipinski definition) is 3. The van der Waals surface area contributed by atoms with Crippen molar-refractivity contribution in [3.8, 4) is 0 Å². The average Bonchev–Trinajstić information content (AvgIpc) is 3.16. The third kappa shape index (κ3) is 3.98. The lowest BCUT2D eigenvalue weighted by Crippen LogP contribution is -2.40. The Morgan fingerprint density at radius 2 is 2.00 bits per heavy atom. The maximum absolute atomic E-state index is 11.9. The van der Waals surface area contributed by atoms with Crippen LogP contribution < -0.4 is 10.6 Å². The number of aliphatic carboxylic acids is 1. The molecule has 0 saturated heterocycles. The van der Waals surface area contributed by atoms with Gasteiger partial charge in [-0.15, -0.1) is 0 Å². The van der Waals surface area contributed by atoms with Crippen LogP contribution in [0.25, 0.3) is 0 Å². The van der Waals surface area contributed by atoms with E-state index in [-0.39, 0.29) is 18.5 Å². The van der Waals surface area contributed by atoms with E-state index in [9.17, 15) is 9.59 Å². The second kappa shape index (κ2) is 5.94. The molecule has 5 nitrogen and oxygen atoms in total. The fourth-order valence-electron chi connectivity index (χ4n) is 2.18. The summed E-state index contributed by atoms with van der Waals surface area (Å²) in [4.78, 5) is 22.7. The third-order valence-electron chi connectivity index (χ3n) is 3.67. The molecule has 20 heavy (non-hydrogen) atoms. The molecular formula is C15H20N2O3. The summed E-state index contributed by atoms with van der Waals surface area (Å²) in [5.41, 5.74) is 2.99. The van der Waals surface area contributed by atoms with Crippen LogP contribution in [-0.4, -0.2) is 23.1 Å². The summed E-state index contributed by atoms with van der Waals surface area (Å²) in [5.74, 6) is -0.579. The van der Waals surface area contributed by atoms with Crippen LogP contribution in [0.15, 0.2) is 18.2 Å². The number of carbonyl (C=O) groups is 2. The molecule has 2 rings (SSSR count). The Hall–Kier alpha value is -2.04. The van der Waals surface area contributed by atoms with E-state index in [0.717, 1.165) is 29.7 Å². The molecule has 1 atom stereocenters. The standard InChI is InChI=1S/C15H20N2O3/c1-9-3-6-12(7-10(9)2)16-15(20)17-13(8-14(18)19)11-4-5-11/h3,6-7,11,13H,4-5,8H2,1-2H3,(H,18,19)(H2,16,17,20). The molecular weight excluding hydrogens is 256 g/mol. The molecule has 1 aromatic rings. The van der Waals surface area contributed by atoms with Crippen molar-refractivity contribution in [3.05, 3.63) is 29.3 Å². The lowest BCUT2D eigenvalue weighted by molar-refractivity contribution is -0.137. The van der Waals surface area contributed by atoms with Crippen LogP contribution in [0.3, 0.4) is 0 Å². The smallest absolute Gasteiger partial charge is 0.319 e. The fraction of sp³-hybridized carbons (Fsp3) is 0.467. The van der Waals surface area contributed by atoms with E-state index in [1.54, 1.807) is 0 Å². The van der Waals surface area contributed by atoms with Crippen LogP contribution in [0.4, 0.5) is 10.5 Å². The number of carboxylic acids is 1. The Bertz CT molecular complexity index is 524. The predicted molar refractivity (Wildman–Crippen MR) is 76.8 cm³/mol. The summed E-state index contributed by atoms with van der Waals surface area (Å²) in [5, 5.41) is 14.4. The number of hydrogen-bond acceptors (Lipinski definition) is 2. The van der Waals surface area contributed by atoms with Crippen LogP contribution in [0, 0.1) is 19.8 Å². The minimum atomic E-state index is -0.881. The van der Waals surface area contributed by atoms with Gasteiger partial charge in [0.25, 0.3) is 0 Å². The molecule has 0 heterocycles. The Kier molecular flexibility index (Phi) is 4.27. The first-order chi connectivity index (χ1) is 9.45. The topological polar surface area (TPSA) is 78.4 Å². The van der Waals surface area contributed by atoms with Gasteiger partial charge in [-0.1, -0.05) is 6.07 Å². The maximum atomic E-state index is 11.9. The molecule has 0 aromatic heterocycles. The molecule has 1 saturated carbocycles. The van der Waals surface area contributed by atoms with Crippen LogP contribution in [0.1, 0.15) is 30.4 Å². The van der Waals surface area contributed by atoms with Crippen LogP contribution in [-0.2, 0) is 4.79 Å². The van der Waals surface area contributed by atoms with E-state index in [1.165, 1.54) is 0 Å². The zero-order valence-corrected chi connectivity index (χ0v) is 11.8. The SMILES string of the molecule is Cc1ccc(NC(=O)NC(CC(=O)O)C2CC2)cc1C. The van der Waals surface area contributed by atoms with Crippen molar-refractivity contribution < 1.29 is 14.7 Å². The first-order valence-electron chi connectivity index (χ1n) is 6.82. The van der Waals surface area contributed by atoms with Crippen LogP contribution in [0.5, 0.6) is 0 Å². The summed E-state index contributed by atoms with van der Waals surface area (Å²) in [6.07, 6.45) is 1.95. The van der Waals surface area contributed by atoms with Gasteiger partial charge in [0, 0.05) is 11.7 Å². The van der Waals surface area contributed by atoms with Crippen LogP contribution >= 0.6 is 0 Å². The predicted octanol–water partition coefficient (Wildman–Crippen LogP) is 2.68. The monoisotopic (exact) mass is 276 g/mol. The van der Waals surface area contributed by atoms with Gasteiger partial charge in [-0.05, 0) is 55.9 Å². The van der Waals surface area contributed by atoms with E-state index in [1.807, 2.05) is 32.0 Å². The number of nitrogens with one attached hydrogen (secondary N) is 2. The Labute approximate surface area is 118 Å². The van der Waals surface area contributed by atoms with Gasteiger partial charge in [-0.3, -0.25) is 4.79 Å². The number of benzene rings is 1. The highest BCUT2D eigenvalue weighted by Gasteiger charge is 2.33.